The van der Waals surface area contributed by atoms with Gasteiger partial charge in [0.15, 0.2) is 0 Å². The molecule has 9 heteroatoms. The first-order valence-electron chi connectivity index (χ1n) is 12.9. The molecule has 0 aliphatic heterocycles. The number of carboxylic acid groups (broad SMARTS) is 1. The van der Waals surface area contributed by atoms with E-state index in [1.54, 1.807) is 24.5 Å². The Morgan fingerprint density at radius 2 is 1.87 bits per heavy atom. The third kappa shape index (κ3) is 4.63. The number of methoxy groups -OCH3 is 1. The van der Waals surface area contributed by atoms with E-state index >= 15 is 0 Å². The molecule has 0 radical (unpaired) electrons. The molecular weight excluding hydrogens is 521 g/mol. The normalized spacial score (nSPS) is 21.8. The molecule has 39 heavy (non-hydrogen) atoms. The summed E-state index contributed by atoms with van der Waals surface area (Å²) in [6.07, 6.45) is 6.43. The fourth-order valence-electron chi connectivity index (χ4n) is 6.18. The average Bonchev–Trinajstić information content (AvgIpc) is 3.29. The van der Waals surface area contributed by atoms with Crippen LogP contribution in [0.4, 0.5) is 4.39 Å². The lowest BCUT2D eigenvalue weighted by atomic mass is 9.50. The van der Waals surface area contributed by atoms with Gasteiger partial charge in [-0.05, 0) is 66.5 Å². The number of halogens is 2. The van der Waals surface area contributed by atoms with Crippen LogP contribution in [0.15, 0.2) is 60.9 Å². The molecule has 2 saturated carbocycles. The summed E-state index contributed by atoms with van der Waals surface area (Å²) in [7, 11) is 1.52. The van der Waals surface area contributed by atoms with Crippen LogP contribution in [0, 0.1) is 17.2 Å². The highest BCUT2D eigenvalue weighted by molar-refractivity contribution is 6.32. The smallest absolute Gasteiger partial charge is 0.306 e. The Bertz CT molecular complexity index is 1590. The minimum absolute atomic E-state index is 0.00394. The van der Waals surface area contributed by atoms with Crippen molar-refractivity contribution >= 4 is 34.4 Å². The fraction of sp³-hybridized carbons (Fsp3) is 0.300. The van der Waals surface area contributed by atoms with Crippen LogP contribution < -0.4 is 10.1 Å². The molecule has 1 amide bonds. The molecule has 2 aliphatic carbocycles. The third-order valence-electron chi connectivity index (χ3n) is 8.16. The maximum Gasteiger partial charge on any atom is 0.306 e. The number of aromatic nitrogens is 2. The Kier molecular flexibility index (Phi) is 6.30. The summed E-state index contributed by atoms with van der Waals surface area (Å²) in [6.45, 7) is 0.457. The Morgan fingerprint density at radius 3 is 2.54 bits per heavy atom. The number of pyridine rings is 1. The molecule has 7 nitrogen and oxygen atoms in total. The highest BCUT2D eigenvalue weighted by Crippen LogP contribution is 2.58. The monoisotopic (exact) mass is 547 g/mol. The number of nitrogens with one attached hydrogen (secondary N) is 1. The Hall–Kier alpha value is -3.91. The van der Waals surface area contributed by atoms with Gasteiger partial charge in [-0.15, -0.1) is 0 Å². The van der Waals surface area contributed by atoms with Crippen molar-refractivity contribution in [3.63, 3.8) is 0 Å². The lowest BCUT2D eigenvalue weighted by molar-refractivity contribution is -0.155. The summed E-state index contributed by atoms with van der Waals surface area (Å²) in [6, 6.07) is 14.3. The minimum atomic E-state index is -0.737. The van der Waals surface area contributed by atoms with Gasteiger partial charge in [0.25, 0.3) is 5.91 Å². The Morgan fingerprint density at radius 1 is 1.13 bits per heavy atom. The second kappa shape index (κ2) is 9.68. The van der Waals surface area contributed by atoms with Gasteiger partial charge in [0, 0.05) is 35.9 Å². The van der Waals surface area contributed by atoms with Crippen molar-refractivity contribution in [3.05, 3.63) is 82.9 Å². The van der Waals surface area contributed by atoms with Gasteiger partial charge in [-0.25, -0.2) is 9.37 Å². The molecule has 0 atom stereocenters. The molecule has 200 valence electrons. The molecule has 0 unspecified atom stereocenters. The van der Waals surface area contributed by atoms with Crippen molar-refractivity contribution in [1.82, 2.24) is 14.9 Å². The van der Waals surface area contributed by atoms with Crippen LogP contribution in [-0.4, -0.2) is 39.7 Å². The van der Waals surface area contributed by atoms with Crippen LogP contribution >= 0.6 is 11.6 Å². The summed E-state index contributed by atoms with van der Waals surface area (Å²) in [5.74, 6) is -1.25. The first kappa shape index (κ1) is 25.4. The van der Waals surface area contributed by atoms with Crippen LogP contribution in [-0.2, 0) is 11.3 Å². The molecular formula is C30H27ClFN3O4. The lowest BCUT2D eigenvalue weighted by Crippen LogP contribution is -2.57. The number of carboxylic acids is 1. The fourth-order valence-corrected chi connectivity index (χ4v) is 6.43. The number of hydrogen-bond acceptors (Lipinski definition) is 4. The molecule has 2 fully saturated rings. The van der Waals surface area contributed by atoms with Crippen molar-refractivity contribution < 1.29 is 23.8 Å². The number of hydrogen-bond donors (Lipinski definition) is 2. The highest BCUT2D eigenvalue weighted by atomic mass is 35.5. The van der Waals surface area contributed by atoms with Crippen molar-refractivity contribution in [1.29, 1.82) is 0 Å². The number of nitrogens with zero attached hydrogens (tertiary/aromatic N) is 2. The topological polar surface area (TPSA) is 93.5 Å². The zero-order valence-electron chi connectivity index (χ0n) is 21.3. The predicted octanol–water partition coefficient (Wildman–Crippen LogP) is 5.93. The Labute approximate surface area is 229 Å². The van der Waals surface area contributed by atoms with E-state index in [1.165, 1.54) is 19.2 Å². The van der Waals surface area contributed by atoms with E-state index < -0.39 is 5.97 Å². The van der Waals surface area contributed by atoms with Crippen molar-refractivity contribution in [2.75, 3.05) is 7.11 Å². The zero-order chi connectivity index (χ0) is 27.3. The van der Waals surface area contributed by atoms with Gasteiger partial charge >= 0.3 is 5.97 Å². The molecule has 0 saturated heterocycles. The number of fused-ring (bicyclic) bond motifs is 1. The van der Waals surface area contributed by atoms with E-state index in [0.717, 1.165) is 29.5 Å². The van der Waals surface area contributed by atoms with Gasteiger partial charge in [0.1, 0.15) is 10.8 Å². The molecule has 2 N–H and O–H groups in total. The quantitative estimate of drug-likeness (QED) is 0.299. The molecule has 1 spiro atoms. The summed E-state index contributed by atoms with van der Waals surface area (Å²) in [5, 5.41) is 13.1. The summed E-state index contributed by atoms with van der Waals surface area (Å²) < 4.78 is 21.7. The molecule has 4 aromatic rings. The number of carbonyl (C=O) groups is 2. The molecule has 0 bridgehead atoms. The second-order valence-corrected chi connectivity index (χ2v) is 11.1. The van der Waals surface area contributed by atoms with Gasteiger partial charge in [-0.2, -0.15) is 0 Å². The molecule has 2 aromatic heterocycles. The van der Waals surface area contributed by atoms with Crippen LogP contribution in [0.5, 0.6) is 5.88 Å². The average molecular weight is 548 g/mol. The van der Waals surface area contributed by atoms with Gasteiger partial charge in [0.05, 0.1) is 24.1 Å². The number of ether oxygens (including phenoxy) is 1. The maximum absolute atomic E-state index is 14.7. The van der Waals surface area contributed by atoms with Gasteiger partial charge in [0.2, 0.25) is 5.88 Å². The summed E-state index contributed by atoms with van der Waals surface area (Å²) in [4.78, 5) is 28.6. The van der Waals surface area contributed by atoms with Crippen LogP contribution in [0.1, 0.15) is 41.6 Å². The SMILES string of the molecule is COc1ncc(-c2ccc(Cn3ccc4c(F)ccc(C(=O)NC5CC6(C5)CC(C(=O)O)C6)c43)cc2)cc1Cl. The number of aliphatic carboxylic acids is 1. The van der Waals surface area contributed by atoms with Crippen LogP contribution in [0.2, 0.25) is 5.02 Å². The van der Waals surface area contributed by atoms with Crippen LogP contribution in [0.3, 0.4) is 0 Å². The van der Waals surface area contributed by atoms with E-state index in [9.17, 15) is 14.0 Å². The van der Waals surface area contributed by atoms with Crippen LogP contribution in [0.25, 0.3) is 22.0 Å². The van der Waals surface area contributed by atoms with E-state index in [4.69, 9.17) is 21.4 Å². The van der Waals surface area contributed by atoms with Gasteiger partial charge < -0.3 is 19.7 Å². The van der Waals surface area contributed by atoms with Gasteiger partial charge in [-0.1, -0.05) is 35.9 Å². The number of benzene rings is 2. The van der Waals surface area contributed by atoms with Crippen molar-refractivity contribution in [2.24, 2.45) is 11.3 Å². The van der Waals surface area contributed by atoms with E-state index in [-0.39, 0.29) is 29.1 Å². The lowest BCUT2D eigenvalue weighted by Gasteiger charge is -2.56. The number of rotatable bonds is 7. The predicted molar refractivity (Wildman–Crippen MR) is 146 cm³/mol. The largest absolute Gasteiger partial charge is 0.481 e. The summed E-state index contributed by atoms with van der Waals surface area (Å²) >= 11 is 6.22. The van der Waals surface area contributed by atoms with Crippen molar-refractivity contribution in [3.8, 4) is 17.0 Å². The minimum Gasteiger partial charge on any atom is -0.481 e. The first-order valence-corrected chi connectivity index (χ1v) is 13.2. The van der Waals surface area contributed by atoms with E-state index in [1.807, 2.05) is 28.8 Å². The number of amides is 1. The Balaban J connectivity index is 1.19. The first-order chi connectivity index (χ1) is 18.7. The zero-order valence-corrected chi connectivity index (χ0v) is 22.0. The number of carbonyl (C=O) groups excluding carboxylic acids is 1. The molecule has 2 heterocycles. The summed E-state index contributed by atoms with van der Waals surface area (Å²) in [5.41, 5.74) is 3.81. The standard InChI is InChI=1S/C30H27ClFN3O4/c1-39-28-24(31)10-19(15-33-28)18-4-2-17(3-5-18)16-35-9-8-22-25(32)7-6-23(26(22)35)27(36)34-21-13-30(14-21)11-20(12-30)29(37)38/h2-10,15,20-21H,11-14,16H2,1H3,(H,34,36)(H,37,38). The molecule has 2 aliphatic rings. The van der Waals surface area contributed by atoms with E-state index in [2.05, 4.69) is 10.3 Å². The molecule has 2 aromatic carbocycles. The van der Waals surface area contributed by atoms with Gasteiger partial charge in [-0.3, -0.25) is 9.59 Å². The van der Waals surface area contributed by atoms with Crippen molar-refractivity contribution in [2.45, 2.75) is 38.3 Å². The second-order valence-electron chi connectivity index (χ2n) is 10.7. The maximum atomic E-state index is 14.7. The highest BCUT2D eigenvalue weighted by Gasteiger charge is 2.55. The molecule has 6 rings (SSSR count). The third-order valence-corrected chi connectivity index (χ3v) is 8.43. The van der Waals surface area contributed by atoms with E-state index in [0.29, 0.717) is 46.8 Å².